The highest BCUT2D eigenvalue weighted by molar-refractivity contribution is 9.10. The Kier molecular flexibility index (Phi) is 5.85. The fraction of sp³-hybridized carbons (Fsp3) is 0.667. The van der Waals surface area contributed by atoms with Crippen molar-refractivity contribution < 1.29 is 4.79 Å². The predicted octanol–water partition coefficient (Wildman–Crippen LogP) is 2.63. The molecule has 1 N–H and O–H groups in total. The molecule has 0 aliphatic carbocycles. The lowest BCUT2D eigenvalue weighted by atomic mass is 10.2. The minimum Gasteiger partial charge on any atom is -0.314 e. The van der Waals surface area contributed by atoms with E-state index in [-0.39, 0.29) is 5.78 Å². The number of rotatable bonds is 7. The molecule has 1 aromatic rings. The maximum atomic E-state index is 12.1. The Bertz CT molecular complexity index is 374. The Labute approximate surface area is 111 Å². The second kappa shape index (κ2) is 6.91. The van der Waals surface area contributed by atoms with Crippen molar-refractivity contribution in [2.75, 3.05) is 6.54 Å². The minimum atomic E-state index is 0.135. The fourth-order valence-electron chi connectivity index (χ4n) is 1.61. The monoisotopic (exact) mass is 301 g/mol. The summed E-state index contributed by atoms with van der Waals surface area (Å²) in [5.74, 6) is 0.135. The van der Waals surface area contributed by atoms with Gasteiger partial charge in [-0.05, 0) is 22.4 Å². The molecule has 0 atom stereocenters. The average molecular weight is 302 g/mol. The SMILES string of the molecule is CCCn1ncc(Br)c1C(=O)CCNC(C)C. The third-order valence-electron chi connectivity index (χ3n) is 2.40. The second-order valence-electron chi connectivity index (χ2n) is 4.35. The molecular formula is C12H20BrN3O. The Hall–Kier alpha value is -0.680. The lowest BCUT2D eigenvalue weighted by molar-refractivity contribution is 0.0970. The van der Waals surface area contributed by atoms with Gasteiger partial charge >= 0.3 is 0 Å². The van der Waals surface area contributed by atoms with Gasteiger partial charge in [-0.25, -0.2) is 0 Å². The highest BCUT2D eigenvalue weighted by Gasteiger charge is 2.16. The van der Waals surface area contributed by atoms with Crippen LogP contribution in [0.2, 0.25) is 0 Å². The van der Waals surface area contributed by atoms with E-state index in [0.29, 0.717) is 24.7 Å². The number of aryl methyl sites for hydroxylation is 1. The van der Waals surface area contributed by atoms with Crippen LogP contribution in [0.1, 0.15) is 44.1 Å². The van der Waals surface area contributed by atoms with Crippen molar-refractivity contribution in [1.29, 1.82) is 0 Å². The van der Waals surface area contributed by atoms with Crippen LogP contribution in [0.25, 0.3) is 0 Å². The van der Waals surface area contributed by atoms with Gasteiger partial charge in [0.2, 0.25) is 0 Å². The van der Waals surface area contributed by atoms with Gasteiger partial charge < -0.3 is 5.32 Å². The zero-order valence-electron chi connectivity index (χ0n) is 10.7. The van der Waals surface area contributed by atoms with E-state index in [9.17, 15) is 4.79 Å². The number of Topliss-reactive ketones (excluding diaryl/α,β-unsaturated/α-hetero) is 1. The van der Waals surface area contributed by atoms with Gasteiger partial charge in [0.05, 0.1) is 10.7 Å². The number of ketones is 1. The molecule has 0 radical (unpaired) electrons. The summed E-state index contributed by atoms with van der Waals surface area (Å²) < 4.78 is 2.57. The summed E-state index contributed by atoms with van der Waals surface area (Å²) in [5, 5.41) is 7.44. The molecule has 0 spiro atoms. The van der Waals surface area contributed by atoms with E-state index in [2.05, 4.69) is 47.1 Å². The quantitative estimate of drug-likeness (QED) is 0.788. The van der Waals surface area contributed by atoms with Crippen molar-refractivity contribution in [3.8, 4) is 0 Å². The molecule has 0 unspecified atom stereocenters. The zero-order valence-corrected chi connectivity index (χ0v) is 12.2. The Morgan fingerprint density at radius 2 is 2.29 bits per heavy atom. The summed E-state index contributed by atoms with van der Waals surface area (Å²) in [4.78, 5) is 12.1. The first kappa shape index (κ1) is 14.4. The topological polar surface area (TPSA) is 46.9 Å². The Balaban J connectivity index is 2.64. The van der Waals surface area contributed by atoms with Crippen LogP contribution in [0.15, 0.2) is 10.7 Å². The van der Waals surface area contributed by atoms with E-state index in [1.807, 2.05) is 0 Å². The average Bonchev–Trinajstić information content (AvgIpc) is 2.60. The normalized spacial score (nSPS) is 11.1. The molecule has 1 heterocycles. The first-order chi connectivity index (χ1) is 8.06. The molecule has 5 heteroatoms. The molecule has 4 nitrogen and oxygen atoms in total. The fourth-order valence-corrected chi connectivity index (χ4v) is 2.13. The van der Waals surface area contributed by atoms with Crippen molar-refractivity contribution in [3.05, 3.63) is 16.4 Å². The number of nitrogens with one attached hydrogen (secondary N) is 1. The number of hydrogen-bond donors (Lipinski definition) is 1. The van der Waals surface area contributed by atoms with Gasteiger partial charge in [-0.2, -0.15) is 5.10 Å². The van der Waals surface area contributed by atoms with Crippen LogP contribution < -0.4 is 5.32 Å². The van der Waals surface area contributed by atoms with Gasteiger partial charge in [0.1, 0.15) is 5.69 Å². The van der Waals surface area contributed by atoms with Gasteiger partial charge in [-0.3, -0.25) is 9.48 Å². The summed E-state index contributed by atoms with van der Waals surface area (Å²) in [6.45, 7) is 7.71. The number of carbonyl (C=O) groups excluding carboxylic acids is 1. The molecule has 0 fully saturated rings. The summed E-state index contributed by atoms with van der Waals surface area (Å²) in [6.07, 6.45) is 3.17. The van der Waals surface area contributed by atoms with E-state index >= 15 is 0 Å². The highest BCUT2D eigenvalue weighted by atomic mass is 79.9. The summed E-state index contributed by atoms with van der Waals surface area (Å²) in [6, 6.07) is 0.409. The van der Waals surface area contributed by atoms with Gasteiger partial charge in [0.15, 0.2) is 5.78 Å². The maximum absolute atomic E-state index is 12.1. The van der Waals surface area contributed by atoms with Crippen molar-refractivity contribution in [2.45, 2.75) is 46.2 Å². The number of nitrogens with zero attached hydrogens (tertiary/aromatic N) is 2. The Morgan fingerprint density at radius 3 is 2.88 bits per heavy atom. The van der Waals surface area contributed by atoms with Gasteiger partial charge in [-0.15, -0.1) is 0 Å². The summed E-state index contributed by atoms with van der Waals surface area (Å²) >= 11 is 3.38. The molecule has 0 aliphatic heterocycles. The summed E-state index contributed by atoms with van der Waals surface area (Å²) in [5.41, 5.74) is 0.692. The van der Waals surface area contributed by atoms with E-state index < -0.39 is 0 Å². The Morgan fingerprint density at radius 1 is 1.59 bits per heavy atom. The van der Waals surface area contributed by atoms with Crippen molar-refractivity contribution in [2.24, 2.45) is 0 Å². The van der Waals surface area contributed by atoms with Gasteiger partial charge in [0.25, 0.3) is 0 Å². The van der Waals surface area contributed by atoms with Crippen molar-refractivity contribution in [1.82, 2.24) is 15.1 Å². The molecule has 1 rings (SSSR count). The first-order valence-electron chi connectivity index (χ1n) is 6.04. The first-order valence-corrected chi connectivity index (χ1v) is 6.83. The van der Waals surface area contributed by atoms with E-state index in [1.165, 1.54) is 0 Å². The lowest BCUT2D eigenvalue weighted by Gasteiger charge is -2.08. The minimum absolute atomic E-state index is 0.135. The smallest absolute Gasteiger partial charge is 0.183 e. The standard InChI is InChI=1S/C12H20BrN3O/c1-4-7-16-12(10(13)8-15-16)11(17)5-6-14-9(2)3/h8-9,14H,4-7H2,1-3H3. The van der Waals surface area contributed by atoms with Crippen LogP contribution in [-0.4, -0.2) is 28.2 Å². The third kappa shape index (κ3) is 4.24. The number of aromatic nitrogens is 2. The highest BCUT2D eigenvalue weighted by Crippen LogP contribution is 2.18. The molecule has 1 aromatic heterocycles. The largest absolute Gasteiger partial charge is 0.314 e. The number of halogens is 1. The molecular weight excluding hydrogens is 282 g/mol. The van der Waals surface area contributed by atoms with Crippen LogP contribution in [0.3, 0.4) is 0 Å². The second-order valence-corrected chi connectivity index (χ2v) is 5.20. The molecule has 0 amide bonds. The number of carbonyl (C=O) groups is 1. The number of hydrogen-bond acceptors (Lipinski definition) is 3. The van der Waals surface area contributed by atoms with Crippen molar-refractivity contribution >= 4 is 21.7 Å². The molecule has 0 bridgehead atoms. The zero-order chi connectivity index (χ0) is 12.8. The maximum Gasteiger partial charge on any atom is 0.183 e. The predicted molar refractivity (Wildman–Crippen MR) is 72.3 cm³/mol. The van der Waals surface area contributed by atoms with Crippen LogP contribution in [0.4, 0.5) is 0 Å². The van der Waals surface area contributed by atoms with Crippen LogP contribution in [-0.2, 0) is 6.54 Å². The molecule has 0 aromatic carbocycles. The van der Waals surface area contributed by atoms with E-state index in [4.69, 9.17) is 0 Å². The molecule has 0 saturated carbocycles. The van der Waals surface area contributed by atoms with Crippen LogP contribution in [0.5, 0.6) is 0 Å². The van der Waals surface area contributed by atoms with Crippen LogP contribution in [0, 0.1) is 0 Å². The molecule has 0 saturated heterocycles. The lowest BCUT2D eigenvalue weighted by Crippen LogP contribution is -2.26. The molecule has 17 heavy (non-hydrogen) atoms. The molecule has 96 valence electrons. The van der Waals surface area contributed by atoms with Crippen molar-refractivity contribution in [3.63, 3.8) is 0 Å². The van der Waals surface area contributed by atoms with Gasteiger partial charge in [-0.1, -0.05) is 20.8 Å². The van der Waals surface area contributed by atoms with Gasteiger partial charge in [0, 0.05) is 25.6 Å². The van der Waals surface area contributed by atoms with E-state index in [0.717, 1.165) is 17.4 Å². The summed E-state index contributed by atoms with van der Waals surface area (Å²) in [7, 11) is 0. The molecule has 0 aliphatic rings. The van der Waals surface area contributed by atoms with E-state index in [1.54, 1.807) is 10.9 Å². The van der Waals surface area contributed by atoms with Crippen LogP contribution >= 0.6 is 15.9 Å². The third-order valence-corrected chi connectivity index (χ3v) is 2.98.